The van der Waals surface area contributed by atoms with E-state index in [-0.39, 0.29) is 18.4 Å². The number of anilines is 1. The van der Waals surface area contributed by atoms with Gasteiger partial charge in [-0.2, -0.15) is 0 Å². The van der Waals surface area contributed by atoms with Crippen LogP contribution in [0.15, 0.2) is 54.6 Å². The van der Waals surface area contributed by atoms with Crippen LogP contribution < -0.4 is 20.3 Å². The lowest BCUT2D eigenvalue weighted by Gasteiger charge is -2.40. The van der Waals surface area contributed by atoms with E-state index in [9.17, 15) is 15.0 Å². The summed E-state index contributed by atoms with van der Waals surface area (Å²) in [5.41, 5.74) is 1.19. The molecule has 0 spiro atoms. The summed E-state index contributed by atoms with van der Waals surface area (Å²) < 4.78 is 5.59. The van der Waals surface area contributed by atoms with Gasteiger partial charge in [-0.25, -0.2) is 4.79 Å². The van der Waals surface area contributed by atoms with E-state index in [1.54, 1.807) is 24.3 Å². The van der Waals surface area contributed by atoms with Crippen molar-refractivity contribution >= 4 is 11.7 Å². The molecule has 8 heteroatoms. The molecule has 2 aliphatic rings. The molecule has 1 aliphatic heterocycles. The Morgan fingerprint density at radius 1 is 1.00 bits per heavy atom. The molecule has 202 valence electrons. The lowest BCUT2D eigenvalue weighted by atomic mass is 9.95. The number of aliphatic hydroxyl groups is 1. The third kappa shape index (κ3) is 8.54. The van der Waals surface area contributed by atoms with E-state index in [0.29, 0.717) is 24.4 Å². The van der Waals surface area contributed by atoms with Crippen LogP contribution >= 0.6 is 0 Å². The van der Waals surface area contributed by atoms with Crippen LogP contribution in [0.1, 0.15) is 44.9 Å². The highest BCUT2D eigenvalue weighted by molar-refractivity contribution is 5.74. The zero-order valence-electron chi connectivity index (χ0n) is 21.7. The second kappa shape index (κ2) is 14.1. The van der Waals surface area contributed by atoms with Gasteiger partial charge in [-0.15, -0.1) is 0 Å². The topological polar surface area (TPSA) is 97.3 Å². The molecule has 0 radical (unpaired) electrons. The summed E-state index contributed by atoms with van der Waals surface area (Å²) in [6.07, 6.45) is 7.18. The van der Waals surface area contributed by atoms with Gasteiger partial charge in [0.1, 0.15) is 24.2 Å². The Hall–Kier alpha value is -2.97. The van der Waals surface area contributed by atoms with Crippen molar-refractivity contribution in [2.45, 2.75) is 63.1 Å². The number of aliphatic hydroxyl groups excluding tert-OH is 1. The highest BCUT2D eigenvalue weighted by atomic mass is 16.5. The van der Waals surface area contributed by atoms with Crippen molar-refractivity contribution in [1.29, 1.82) is 0 Å². The molecule has 2 aromatic rings. The quantitative estimate of drug-likeness (QED) is 0.344. The fourth-order valence-electron chi connectivity index (χ4n) is 5.30. The fourth-order valence-corrected chi connectivity index (χ4v) is 5.30. The Labute approximate surface area is 220 Å². The number of para-hydroxylation sites is 1. The molecular formula is C29H42N4O4. The number of urea groups is 1. The number of likely N-dealkylation sites (tertiary alicyclic amines) is 1. The molecule has 2 amide bonds. The van der Waals surface area contributed by atoms with Crippen molar-refractivity contribution < 1.29 is 19.7 Å². The first-order valence-electron chi connectivity index (χ1n) is 13.8. The number of carbonyl (C=O) groups excluding carboxylic acids is 1. The second-order valence-electron chi connectivity index (χ2n) is 10.2. The Morgan fingerprint density at radius 2 is 1.70 bits per heavy atom. The minimum absolute atomic E-state index is 0.0989. The summed E-state index contributed by atoms with van der Waals surface area (Å²) >= 11 is 0. The number of nitrogens with zero attached hydrogens (tertiary/aromatic N) is 2. The highest BCUT2D eigenvalue weighted by Gasteiger charge is 2.28. The first-order valence-corrected chi connectivity index (χ1v) is 13.8. The number of rotatable bonds is 11. The number of aromatic hydroxyl groups is 1. The maximum Gasteiger partial charge on any atom is 0.317 e. The lowest BCUT2D eigenvalue weighted by molar-refractivity contribution is 0.106. The minimum atomic E-state index is -0.634. The molecule has 1 saturated heterocycles. The maximum absolute atomic E-state index is 12.8. The summed E-state index contributed by atoms with van der Waals surface area (Å²) in [4.78, 5) is 17.2. The zero-order chi connectivity index (χ0) is 25.9. The van der Waals surface area contributed by atoms with Gasteiger partial charge in [-0.1, -0.05) is 37.5 Å². The maximum atomic E-state index is 12.8. The molecule has 4 rings (SSSR count). The fraction of sp³-hybridized carbons (Fsp3) is 0.552. The standard InChI is InChI=1S/C29H42N4O4/c34-26-11-13-28(14-12-26)37-22-27(35)21-30-17-20-33(24-9-5-2-6-10-24)25-15-18-32(19-16-25)29(36)31-23-7-3-1-4-8-23/h2,5-6,9-14,23,25,27,30,34-35H,1,3-4,7-8,15-22H2,(H,31,36). The molecule has 1 atom stereocenters. The van der Waals surface area contributed by atoms with E-state index in [0.717, 1.165) is 51.9 Å². The summed E-state index contributed by atoms with van der Waals surface area (Å²) in [7, 11) is 0. The number of benzene rings is 2. The number of hydrogen-bond acceptors (Lipinski definition) is 6. The van der Waals surface area contributed by atoms with E-state index in [1.165, 1.54) is 24.9 Å². The lowest BCUT2D eigenvalue weighted by Crippen LogP contribution is -2.52. The van der Waals surface area contributed by atoms with Gasteiger partial charge in [0.25, 0.3) is 0 Å². The van der Waals surface area contributed by atoms with Crippen LogP contribution in [0.2, 0.25) is 0 Å². The predicted octanol–water partition coefficient (Wildman–Crippen LogP) is 3.73. The van der Waals surface area contributed by atoms with Gasteiger partial charge in [0, 0.05) is 50.5 Å². The van der Waals surface area contributed by atoms with Crippen LogP contribution in [0.5, 0.6) is 11.5 Å². The molecule has 8 nitrogen and oxygen atoms in total. The van der Waals surface area contributed by atoms with Crippen LogP contribution in [-0.4, -0.2) is 78.7 Å². The Balaban J connectivity index is 1.21. The summed E-state index contributed by atoms with van der Waals surface area (Å²) in [6, 6.07) is 17.7. The third-order valence-electron chi connectivity index (χ3n) is 7.40. The average molecular weight is 511 g/mol. The molecule has 4 N–H and O–H groups in total. The first-order chi connectivity index (χ1) is 18.1. The largest absolute Gasteiger partial charge is 0.508 e. The normalized spacial score (nSPS) is 17.8. The van der Waals surface area contributed by atoms with Crippen LogP contribution in [-0.2, 0) is 0 Å². The molecular weight excluding hydrogens is 468 g/mol. The Bertz CT molecular complexity index is 929. The smallest absolute Gasteiger partial charge is 0.317 e. The van der Waals surface area contributed by atoms with E-state index in [1.807, 2.05) is 11.0 Å². The summed E-state index contributed by atoms with van der Waals surface area (Å²) in [6.45, 7) is 3.70. The minimum Gasteiger partial charge on any atom is -0.508 e. The first kappa shape index (κ1) is 27.1. The molecule has 1 saturated carbocycles. The molecule has 1 heterocycles. The number of amides is 2. The van der Waals surface area contributed by atoms with Gasteiger partial charge in [0.05, 0.1) is 0 Å². The second-order valence-corrected chi connectivity index (χ2v) is 10.2. The van der Waals surface area contributed by atoms with Crippen LogP contribution in [0.25, 0.3) is 0 Å². The van der Waals surface area contributed by atoms with Gasteiger partial charge in [-0.3, -0.25) is 0 Å². The van der Waals surface area contributed by atoms with Crippen molar-refractivity contribution in [2.24, 2.45) is 0 Å². The Morgan fingerprint density at radius 3 is 2.41 bits per heavy atom. The molecule has 1 unspecified atom stereocenters. The number of phenolic OH excluding ortho intramolecular Hbond substituents is 1. The van der Waals surface area contributed by atoms with Crippen molar-refractivity contribution in [3.63, 3.8) is 0 Å². The van der Waals surface area contributed by atoms with Gasteiger partial charge >= 0.3 is 6.03 Å². The number of hydrogen-bond donors (Lipinski definition) is 4. The van der Waals surface area contributed by atoms with E-state index in [4.69, 9.17) is 4.74 Å². The Kier molecular flexibility index (Phi) is 10.3. The molecule has 37 heavy (non-hydrogen) atoms. The number of ether oxygens (including phenoxy) is 1. The predicted molar refractivity (Wildman–Crippen MR) is 146 cm³/mol. The number of carbonyl (C=O) groups is 1. The van der Waals surface area contributed by atoms with Gasteiger partial charge in [0.15, 0.2) is 0 Å². The van der Waals surface area contributed by atoms with E-state index in [2.05, 4.69) is 39.8 Å². The van der Waals surface area contributed by atoms with Gasteiger partial charge < -0.3 is 35.4 Å². The molecule has 2 aromatic carbocycles. The molecule has 0 aromatic heterocycles. The average Bonchev–Trinajstić information content (AvgIpc) is 2.94. The SMILES string of the molecule is O=C(NC1CCCCC1)N1CCC(N(CCNCC(O)COc2ccc(O)cc2)c2ccccc2)CC1. The zero-order valence-corrected chi connectivity index (χ0v) is 21.7. The third-order valence-corrected chi connectivity index (χ3v) is 7.40. The number of phenols is 1. The monoisotopic (exact) mass is 510 g/mol. The molecule has 1 aliphatic carbocycles. The summed E-state index contributed by atoms with van der Waals surface area (Å²) in [5.74, 6) is 0.803. The number of piperidine rings is 1. The van der Waals surface area contributed by atoms with Crippen molar-refractivity contribution in [1.82, 2.24) is 15.5 Å². The van der Waals surface area contributed by atoms with E-state index < -0.39 is 6.10 Å². The molecule has 2 fully saturated rings. The van der Waals surface area contributed by atoms with E-state index >= 15 is 0 Å². The van der Waals surface area contributed by atoms with Crippen molar-refractivity contribution in [3.8, 4) is 11.5 Å². The van der Waals surface area contributed by atoms with Crippen LogP contribution in [0, 0.1) is 0 Å². The number of nitrogens with one attached hydrogen (secondary N) is 2. The molecule has 0 bridgehead atoms. The van der Waals surface area contributed by atoms with Crippen molar-refractivity contribution in [3.05, 3.63) is 54.6 Å². The van der Waals surface area contributed by atoms with Crippen molar-refractivity contribution in [2.75, 3.05) is 44.2 Å². The van der Waals surface area contributed by atoms with Gasteiger partial charge in [-0.05, 0) is 62.1 Å². The van der Waals surface area contributed by atoms with Crippen LogP contribution in [0.3, 0.4) is 0 Å². The summed E-state index contributed by atoms with van der Waals surface area (Å²) in [5, 5.41) is 26.3. The van der Waals surface area contributed by atoms with Crippen LogP contribution in [0.4, 0.5) is 10.5 Å². The highest BCUT2D eigenvalue weighted by Crippen LogP contribution is 2.24. The van der Waals surface area contributed by atoms with Gasteiger partial charge in [0.2, 0.25) is 0 Å².